The molecule has 1 aliphatic heterocycles. The average molecular weight is 483 g/mol. The van der Waals surface area contributed by atoms with Gasteiger partial charge in [-0.3, -0.25) is 4.79 Å². The van der Waals surface area contributed by atoms with Gasteiger partial charge in [0.15, 0.2) is 0 Å². The highest BCUT2D eigenvalue weighted by molar-refractivity contribution is 9.08. The Morgan fingerprint density at radius 1 is 1.23 bits per heavy atom. The molecule has 160 valence electrons. The molecule has 0 aromatic heterocycles. The van der Waals surface area contributed by atoms with Gasteiger partial charge < -0.3 is 9.47 Å². The van der Waals surface area contributed by atoms with Gasteiger partial charge in [-0.15, -0.1) is 0 Å². The Balaban J connectivity index is 1.55. The van der Waals surface area contributed by atoms with E-state index >= 15 is 0 Å². The second-order valence-corrected chi connectivity index (χ2v) is 8.30. The first-order valence-corrected chi connectivity index (χ1v) is 11.2. The van der Waals surface area contributed by atoms with Crippen LogP contribution >= 0.6 is 15.9 Å². The van der Waals surface area contributed by atoms with Gasteiger partial charge in [-0.2, -0.15) is 13.2 Å². The maximum Gasteiger partial charge on any atom is 0.416 e. The van der Waals surface area contributed by atoms with E-state index in [1.165, 1.54) is 6.07 Å². The molecule has 2 unspecified atom stereocenters. The fourth-order valence-corrected chi connectivity index (χ4v) is 5.00. The second kappa shape index (κ2) is 8.25. The summed E-state index contributed by atoms with van der Waals surface area (Å²) in [6.45, 7) is 2.33. The maximum atomic E-state index is 13.3. The smallest absolute Gasteiger partial charge is 0.416 e. The number of fused-ring (bicyclic) bond motifs is 2. The molecule has 2 atom stereocenters. The standard InChI is InChI=1S/C23H22BrF3O3/c1-2-14(28)9-13-12-29-22-10-15(3-4-16(13)22)30-21-8-6-17-18(21)5-7-20(19(17)11-24)23(25,26)27/h3-5,7,10,13,21H,2,6,8-9,11-12H2,1H3. The van der Waals surface area contributed by atoms with E-state index in [4.69, 9.17) is 9.47 Å². The molecule has 7 heteroatoms. The zero-order valence-electron chi connectivity index (χ0n) is 16.5. The Kier molecular flexibility index (Phi) is 5.84. The summed E-state index contributed by atoms with van der Waals surface area (Å²) in [7, 11) is 0. The van der Waals surface area contributed by atoms with Crippen LogP contribution in [0.2, 0.25) is 0 Å². The lowest BCUT2D eigenvalue weighted by atomic mass is 9.95. The van der Waals surface area contributed by atoms with Crippen LogP contribution in [0.15, 0.2) is 30.3 Å². The number of halogens is 4. The molecule has 2 aromatic rings. The molecule has 0 spiro atoms. The molecule has 0 bridgehead atoms. The quantitative estimate of drug-likeness (QED) is 0.440. The highest BCUT2D eigenvalue weighted by Gasteiger charge is 2.37. The van der Waals surface area contributed by atoms with Crippen LogP contribution in [0.25, 0.3) is 0 Å². The maximum absolute atomic E-state index is 13.3. The molecular formula is C23H22BrF3O3. The lowest BCUT2D eigenvalue weighted by molar-refractivity contribution is -0.138. The molecule has 0 radical (unpaired) electrons. The largest absolute Gasteiger partial charge is 0.492 e. The third-order valence-corrected chi connectivity index (χ3v) is 6.48. The minimum Gasteiger partial charge on any atom is -0.492 e. The van der Waals surface area contributed by atoms with Crippen molar-refractivity contribution in [1.82, 2.24) is 0 Å². The Morgan fingerprint density at radius 2 is 2.00 bits per heavy atom. The molecule has 2 aliphatic rings. The van der Waals surface area contributed by atoms with Gasteiger partial charge in [-0.25, -0.2) is 0 Å². The van der Waals surface area contributed by atoms with Gasteiger partial charge in [0.1, 0.15) is 23.4 Å². The number of carbonyl (C=O) groups excluding carboxylic acids is 1. The van der Waals surface area contributed by atoms with Gasteiger partial charge in [0.05, 0.1) is 12.2 Å². The fourth-order valence-electron chi connectivity index (χ4n) is 4.36. The number of ether oxygens (including phenoxy) is 2. The fraction of sp³-hybridized carbons (Fsp3) is 0.435. The SMILES string of the molecule is CCC(=O)CC1COc2cc(OC3CCc4c3ccc(C(F)(F)F)c4CBr)ccc21. The normalized spacial score (nSPS) is 19.9. The Morgan fingerprint density at radius 3 is 2.70 bits per heavy atom. The van der Waals surface area contributed by atoms with Crippen LogP contribution in [-0.2, 0) is 22.7 Å². The number of hydrogen-bond acceptors (Lipinski definition) is 3. The van der Waals surface area contributed by atoms with Crippen molar-refractivity contribution in [2.45, 2.75) is 56.1 Å². The monoisotopic (exact) mass is 482 g/mol. The van der Waals surface area contributed by atoms with Crippen LogP contribution in [0.3, 0.4) is 0 Å². The minimum absolute atomic E-state index is 0.0657. The summed E-state index contributed by atoms with van der Waals surface area (Å²) < 4.78 is 51.9. The third-order valence-electron chi connectivity index (χ3n) is 5.92. The number of carbonyl (C=O) groups is 1. The van der Waals surface area contributed by atoms with E-state index in [-0.39, 0.29) is 23.1 Å². The molecule has 4 rings (SSSR count). The van der Waals surface area contributed by atoms with Gasteiger partial charge in [0, 0.05) is 35.7 Å². The summed E-state index contributed by atoms with van der Waals surface area (Å²) in [6, 6.07) is 8.29. The van der Waals surface area contributed by atoms with E-state index < -0.39 is 11.7 Å². The molecule has 0 saturated carbocycles. The van der Waals surface area contributed by atoms with Gasteiger partial charge in [-0.05, 0) is 41.7 Å². The summed E-state index contributed by atoms with van der Waals surface area (Å²) in [5, 5.41) is 0.155. The van der Waals surface area contributed by atoms with Gasteiger partial charge in [-0.1, -0.05) is 35.0 Å². The van der Waals surface area contributed by atoms with Crippen molar-refractivity contribution in [3.8, 4) is 11.5 Å². The summed E-state index contributed by atoms with van der Waals surface area (Å²) in [6.07, 6.45) is -2.51. The van der Waals surface area contributed by atoms with Crippen LogP contribution in [0.5, 0.6) is 11.5 Å². The predicted molar refractivity (Wildman–Crippen MR) is 110 cm³/mol. The molecule has 0 N–H and O–H groups in total. The lowest BCUT2D eigenvalue weighted by Crippen LogP contribution is -2.11. The number of hydrogen-bond donors (Lipinski definition) is 0. The molecule has 2 aromatic carbocycles. The predicted octanol–water partition coefficient (Wildman–Crippen LogP) is 6.51. The first-order chi connectivity index (χ1) is 14.3. The van der Waals surface area contributed by atoms with Crippen LogP contribution in [-0.4, -0.2) is 12.4 Å². The Bertz CT molecular complexity index is 971. The van der Waals surface area contributed by atoms with Crippen LogP contribution in [0.1, 0.15) is 66.0 Å². The summed E-state index contributed by atoms with van der Waals surface area (Å²) in [5.41, 5.74) is 2.25. The molecular weight excluding hydrogens is 461 g/mol. The Hall–Kier alpha value is -2.02. The summed E-state index contributed by atoms with van der Waals surface area (Å²) in [4.78, 5) is 11.8. The van der Waals surface area contributed by atoms with Crippen LogP contribution < -0.4 is 9.47 Å². The van der Waals surface area contributed by atoms with E-state index in [2.05, 4.69) is 15.9 Å². The topological polar surface area (TPSA) is 35.5 Å². The van der Waals surface area contributed by atoms with E-state index in [0.717, 1.165) is 22.8 Å². The van der Waals surface area contributed by atoms with Crippen molar-refractivity contribution < 1.29 is 27.4 Å². The van der Waals surface area contributed by atoms with Crippen LogP contribution in [0, 0.1) is 0 Å². The summed E-state index contributed by atoms with van der Waals surface area (Å²) in [5.74, 6) is 1.61. The second-order valence-electron chi connectivity index (χ2n) is 7.74. The highest BCUT2D eigenvalue weighted by Crippen LogP contribution is 2.44. The average Bonchev–Trinajstić information content (AvgIpc) is 3.30. The Labute approximate surface area is 181 Å². The van der Waals surface area contributed by atoms with Crippen molar-refractivity contribution in [2.75, 3.05) is 6.61 Å². The number of Topliss-reactive ketones (excluding diaryl/α,β-unsaturated/α-hetero) is 1. The zero-order valence-corrected chi connectivity index (χ0v) is 18.1. The molecule has 0 amide bonds. The lowest BCUT2D eigenvalue weighted by Gasteiger charge is -2.18. The summed E-state index contributed by atoms with van der Waals surface area (Å²) >= 11 is 3.22. The molecule has 1 heterocycles. The number of alkyl halides is 4. The van der Waals surface area contributed by atoms with Crippen molar-refractivity contribution in [3.05, 3.63) is 58.1 Å². The van der Waals surface area contributed by atoms with E-state index in [1.54, 1.807) is 0 Å². The van der Waals surface area contributed by atoms with E-state index in [0.29, 0.717) is 49.4 Å². The molecule has 0 saturated heterocycles. The van der Waals surface area contributed by atoms with Crippen molar-refractivity contribution in [2.24, 2.45) is 0 Å². The van der Waals surface area contributed by atoms with Gasteiger partial charge in [0.2, 0.25) is 0 Å². The van der Waals surface area contributed by atoms with Gasteiger partial charge in [0.25, 0.3) is 0 Å². The third kappa shape index (κ3) is 3.96. The zero-order chi connectivity index (χ0) is 21.5. The van der Waals surface area contributed by atoms with Crippen molar-refractivity contribution in [3.63, 3.8) is 0 Å². The molecule has 3 nitrogen and oxygen atoms in total. The highest BCUT2D eigenvalue weighted by atomic mass is 79.9. The first kappa shape index (κ1) is 21.2. The first-order valence-electron chi connectivity index (χ1n) is 10.0. The number of benzene rings is 2. The van der Waals surface area contributed by atoms with Gasteiger partial charge >= 0.3 is 6.18 Å². The molecule has 30 heavy (non-hydrogen) atoms. The van der Waals surface area contributed by atoms with Crippen LogP contribution in [0.4, 0.5) is 13.2 Å². The van der Waals surface area contributed by atoms with Crippen molar-refractivity contribution >= 4 is 21.7 Å². The van der Waals surface area contributed by atoms with E-state index in [9.17, 15) is 18.0 Å². The minimum atomic E-state index is -4.37. The molecule has 1 aliphatic carbocycles. The molecule has 0 fully saturated rings. The van der Waals surface area contributed by atoms with Crippen molar-refractivity contribution in [1.29, 1.82) is 0 Å². The number of rotatable bonds is 6. The number of ketones is 1. The van der Waals surface area contributed by atoms with E-state index in [1.807, 2.05) is 25.1 Å².